The lowest BCUT2D eigenvalue weighted by atomic mass is 9.94. The first kappa shape index (κ1) is 31.1. The van der Waals surface area contributed by atoms with Gasteiger partial charge in [-0.25, -0.2) is 0 Å². The minimum Gasteiger partial charge on any atom is -0.390 e. The average Bonchev–Trinajstić information content (AvgIpc) is 2.94. The van der Waals surface area contributed by atoms with Gasteiger partial charge in [-0.05, 0) is 46.5 Å². The molecule has 0 aliphatic carbocycles. The van der Waals surface area contributed by atoms with E-state index in [2.05, 4.69) is 114 Å². The van der Waals surface area contributed by atoms with Gasteiger partial charge in [0.05, 0.1) is 24.4 Å². The third-order valence-electron chi connectivity index (χ3n) is 7.41. The molecule has 2 atom stereocenters. The quantitative estimate of drug-likeness (QED) is 0.213. The molecule has 0 spiro atoms. The number of aliphatic hydroxyl groups is 1. The summed E-state index contributed by atoms with van der Waals surface area (Å²) in [6.45, 7) is 2.69. The third kappa shape index (κ3) is 8.17. The predicted molar refractivity (Wildman–Crippen MR) is 174 cm³/mol. The Kier molecular flexibility index (Phi) is 10.3. The normalized spacial score (nSPS) is 17.8. The summed E-state index contributed by atoms with van der Waals surface area (Å²) in [7, 11) is -3.40. The molecule has 2 aliphatic rings. The molecule has 42 heavy (non-hydrogen) atoms. The monoisotopic (exact) mass is 712 g/mol. The second-order valence-corrected chi connectivity index (χ2v) is 14.1. The molecule has 0 aromatic heterocycles. The minimum atomic E-state index is -3.40. The maximum atomic E-state index is 11.2. The largest absolute Gasteiger partial charge is 0.390 e. The molecule has 2 aliphatic heterocycles. The van der Waals surface area contributed by atoms with E-state index >= 15 is 0 Å². The molecule has 0 bridgehead atoms. The van der Waals surface area contributed by atoms with Crippen LogP contribution >= 0.6 is 31.9 Å². The molecule has 1 N–H and O–H groups in total. The summed E-state index contributed by atoms with van der Waals surface area (Å²) in [5.74, 6) is 0. The number of benzene rings is 4. The summed E-state index contributed by atoms with van der Waals surface area (Å²) in [6, 6.07) is 37.7. The van der Waals surface area contributed by atoms with Crippen LogP contribution in [-0.4, -0.2) is 68.0 Å². The van der Waals surface area contributed by atoms with Crippen molar-refractivity contribution in [2.24, 2.45) is 0 Å². The molecule has 2 heterocycles. The molecule has 0 unspecified atom stereocenters. The van der Waals surface area contributed by atoms with Crippen LogP contribution in [0, 0.1) is 0 Å². The first-order chi connectivity index (χ1) is 20.2. The van der Waals surface area contributed by atoms with Gasteiger partial charge in [-0.15, -0.1) is 0 Å². The SMILES string of the molecule is CS(=O)(=O)OC1CN([C@H](c2ccccc2)c2ccc(Br)cc2)C1.OC1CN([C@H](c2ccccc2)c2ccc(Br)cc2)C1. The summed E-state index contributed by atoms with van der Waals surface area (Å²) in [5, 5.41) is 9.56. The minimum absolute atomic E-state index is 0.101. The lowest BCUT2D eigenvalue weighted by Gasteiger charge is -2.43. The van der Waals surface area contributed by atoms with Crippen LogP contribution in [0.5, 0.6) is 0 Å². The maximum absolute atomic E-state index is 11.2. The number of rotatable bonds is 8. The van der Waals surface area contributed by atoms with Gasteiger partial charge in [-0.1, -0.05) is 117 Å². The van der Waals surface area contributed by atoms with Crippen LogP contribution in [-0.2, 0) is 14.3 Å². The van der Waals surface area contributed by atoms with E-state index in [0.29, 0.717) is 13.1 Å². The lowest BCUT2D eigenvalue weighted by molar-refractivity contribution is -0.0160. The van der Waals surface area contributed by atoms with E-state index in [9.17, 15) is 13.5 Å². The van der Waals surface area contributed by atoms with Crippen LogP contribution < -0.4 is 0 Å². The number of likely N-dealkylation sites (tertiary alicyclic amines) is 2. The van der Waals surface area contributed by atoms with Gasteiger partial charge in [0.25, 0.3) is 10.1 Å². The van der Waals surface area contributed by atoms with Crippen molar-refractivity contribution in [3.63, 3.8) is 0 Å². The Bertz CT molecular complexity index is 1530. The molecule has 2 fully saturated rings. The highest BCUT2D eigenvalue weighted by Gasteiger charge is 2.36. The first-order valence-electron chi connectivity index (χ1n) is 13.8. The third-order valence-corrected chi connectivity index (χ3v) is 9.09. The van der Waals surface area contributed by atoms with Crippen molar-refractivity contribution >= 4 is 42.0 Å². The average molecular weight is 715 g/mol. The van der Waals surface area contributed by atoms with Crippen LogP contribution in [0.2, 0.25) is 0 Å². The smallest absolute Gasteiger partial charge is 0.264 e. The van der Waals surface area contributed by atoms with Crippen molar-refractivity contribution in [1.82, 2.24) is 9.80 Å². The topological polar surface area (TPSA) is 70.1 Å². The van der Waals surface area contributed by atoms with E-state index in [1.807, 2.05) is 36.4 Å². The van der Waals surface area contributed by atoms with Crippen molar-refractivity contribution in [2.45, 2.75) is 24.3 Å². The molecule has 6 nitrogen and oxygen atoms in total. The Balaban J connectivity index is 0.000000171. The Morgan fingerprint density at radius 2 is 1.00 bits per heavy atom. The van der Waals surface area contributed by atoms with Crippen LogP contribution in [0.3, 0.4) is 0 Å². The Hall–Kier alpha value is -2.37. The summed E-state index contributed by atoms with van der Waals surface area (Å²) in [5.41, 5.74) is 4.91. The molecular formula is C33H34Br2N2O4S. The second-order valence-electron chi connectivity index (χ2n) is 10.7. The van der Waals surface area contributed by atoms with Crippen molar-refractivity contribution in [3.8, 4) is 0 Å². The molecule has 2 saturated heterocycles. The number of halogens is 2. The van der Waals surface area contributed by atoms with Gasteiger partial charge in [-0.2, -0.15) is 8.42 Å². The lowest BCUT2D eigenvalue weighted by Crippen LogP contribution is -2.54. The van der Waals surface area contributed by atoms with E-state index in [1.165, 1.54) is 22.3 Å². The van der Waals surface area contributed by atoms with Gasteiger partial charge in [-0.3, -0.25) is 14.0 Å². The standard InChI is InChI=1S/C17H18BrNO3S.C16H16BrNO/c1-23(20,21)22-16-11-19(12-16)17(13-5-3-2-4-6-13)14-7-9-15(18)10-8-14;17-14-8-6-13(7-9-14)16(18-10-15(19)11-18)12-4-2-1-3-5-12/h2-10,16-17H,11-12H2,1H3;1-9,15-16,19H,10-11H2/t17-;16-/m11/s1. The summed E-state index contributed by atoms with van der Waals surface area (Å²) in [4.78, 5) is 4.54. The zero-order chi connectivity index (χ0) is 29.7. The number of hydrogen-bond acceptors (Lipinski definition) is 6. The van der Waals surface area contributed by atoms with Crippen molar-refractivity contribution in [3.05, 3.63) is 140 Å². The molecule has 0 amide bonds. The first-order valence-corrected chi connectivity index (χ1v) is 17.2. The Morgan fingerprint density at radius 3 is 1.36 bits per heavy atom. The van der Waals surface area contributed by atoms with Gasteiger partial charge in [0.1, 0.15) is 6.10 Å². The Morgan fingerprint density at radius 1 is 0.643 bits per heavy atom. The predicted octanol–water partition coefficient (Wildman–Crippen LogP) is 6.41. The van der Waals surface area contributed by atoms with Crippen LogP contribution in [0.25, 0.3) is 0 Å². The van der Waals surface area contributed by atoms with Gasteiger partial charge in [0.15, 0.2) is 0 Å². The molecule has 0 saturated carbocycles. The van der Waals surface area contributed by atoms with Crippen molar-refractivity contribution in [2.75, 3.05) is 32.4 Å². The molecule has 9 heteroatoms. The fourth-order valence-electron chi connectivity index (χ4n) is 5.48. The highest BCUT2D eigenvalue weighted by molar-refractivity contribution is 9.10. The second kappa shape index (κ2) is 13.9. The number of hydrogen-bond donors (Lipinski definition) is 1. The maximum Gasteiger partial charge on any atom is 0.264 e. The van der Waals surface area contributed by atoms with E-state index in [4.69, 9.17) is 4.18 Å². The molecule has 6 rings (SSSR count). The Labute approximate surface area is 265 Å². The summed E-state index contributed by atoms with van der Waals surface area (Å²) in [6.07, 6.45) is 0.660. The zero-order valence-electron chi connectivity index (χ0n) is 23.3. The summed E-state index contributed by atoms with van der Waals surface area (Å²) < 4.78 is 29.7. The number of aliphatic hydroxyl groups excluding tert-OH is 1. The summed E-state index contributed by atoms with van der Waals surface area (Å²) >= 11 is 6.94. The van der Waals surface area contributed by atoms with Crippen LogP contribution in [0.1, 0.15) is 34.3 Å². The van der Waals surface area contributed by atoms with Crippen molar-refractivity contribution in [1.29, 1.82) is 0 Å². The van der Waals surface area contributed by atoms with E-state index in [-0.39, 0.29) is 24.3 Å². The molecule has 4 aromatic carbocycles. The van der Waals surface area contributed by atoms with Crippen LogP contribution in [0.4, 0.5) is 0 Å². The van der Waals surface area contributed by atoms with E-state index in [0.717, 1.165) is 28.3 Å². The zero-order valence-corrected chi connectivity index (χ0v) is 27.2. The van der Waals surface area contributed by atoms with E-state index in [1.54, 1.807) is 0 Å². The van der Waals surface area contributed by atoms with Gasteiger partial charge >= 0.3 is 0 Å². The fourth-order valence-corrected chi connectivity index (χ4v) is 6.62. The van der Waals surface area contributed by atoms with Gasteiger partial charge in [0, 0.05) is 35.1 Å². The highest BCUT2D eigenvalue weighted by Crippen LogP contribution is 2.34. The fraction of sp³-hybridized carbons (Fsp3) is 0.273. The number of β-amino-alcohol motifs (C(OH)–C–C–N with tert-alkyl or cyclic N) is 1. The van der Waals surface area contributed by atoms with Crippen LogP contribution in [0.15, 0.2) is 118 Å². The molecule has 0 radical (unpaired) electrons. The van der Waals surface area contributed by atoms with Gasteiger partial charge in [0.2, 0.25) is 0 Å². The molecular weight excluding hydrogens is 680 g/mol. The highest BCUT2D eigenvalue weighted by atomic mass is 79.9. The van der Waals surface area contributed by atoms with E-state index < -0.39 is 10.1 Å². The molecule has 220 valence electrons. The van der Waals surface area contributed by atoms with Crippen molar-refractivity contribution < 1.29 is 17.7 Å². The number of nitrogens with zero attached hydrogens (tertiary/aromatic N) is 2. The molecule has 4 aromatic rings. The van der Waals surface area contributed by atoms with Gasteiger partial charge < -0.3 is 5.11 Å².